The molecule has 0 spiro atoms. The third kappa shape index (κ3) is 3.03. The summed E-state index contributed by atoms with van der Waals surface area (Å²) in [6.45, 7) is 5.68. The molecule has 0 radical (unpaired) electrons. The zero-order valence-corrected chi connectivity index (χ0v) is 13.2. The smallest absolute Gasteiger partial charge is 0.255 e. The Morgan fingerprint density at radius 1 is 1.09 bits per heavy atom. The summed E-state index contributed by atoms with van der Waals surface area (Å²) in [7, 11) is 0. The molecule has 22 heavy (non-hydrogen) atoms. The number of carbonyl (C=O) groups excluding carboxylic acids is 1. The van der Waals surface area contributed by atoms with Gasteiger partial charge in [-0.2, -0.15) is 5.10 Å². The minimum Gasteiger partial charge on any atom is -0.339 e. The Morgan fingerprint density at radius 2 is 1.82 bits per heavy atom. The van der Waals surface area contributed by atoms with E-state index in [1.807, 2.05) is 36.9 Å². The number of pyridine rings is 1. The Hall–Kier alpha value is -2.17. The first-order chi connectivity index (χ1) is 10.6. The first kappa shape index (κ1) is 14.8. The molecule has 0 unspecified atom stereocenters. The summed E-state index contributed by atoms with van der Waals surface area (Å²) in [6.07, 6.45) is 6.31. The second-order valence-electron chi connectivity index (χ2n) is 5.95. The minimum absolute atomic E-state index is 0.0920. The number of aryl methyl sites for hydroxylation is 2. The Labute approximate surface area is 131 Å². The topological polar surface area (TPSA) is 51.0 Å². The first-order valence-corrected chi connectivity index (χ1v) is 7.94. The molecule has 0 aromatic carbocycles. The molecule has 2 aromatic rings. The van der Waals surface area contributed by atoms with E-state index in [0.29, 0.717) is 5.56 Å². The fourth-order valence-corrected chi connectivity index (χ4v) is 2.96. The van der Waals surface area contributed by atoms with Crippen LogP contribution < -0.4 is 0 Å². The maximum Gasteiger partial charge on any atom is 0.255 e. The lowest BCUT2D eigenvalue weighted by Gasteiger charge is -2.20. The predicted octanol–water partition coefficient (Wildman–Crippen LogP) is 2.90. The van der Waals surface area contributed by atoms with Crippen LogP contribution in [0.2, 0.25) is 0 Å². The van der Waals surface area contributed by atoms with Crippen LogP contribution in [0, 0.1) is 13.8 Å². The molecular weight excluding hydrogens is 276 g/mol. The SMILES string of the molecule is Cc1cc(C)n(-c2ccc(C(=O)N3CCCCCC3)cn2)n1. The monoisotopic (exact) mass is 298 g/mol. The lowest BCUT2D eigenvalue weighted by Crippen LogP contribution is -2.31. The average Bonchev–Trinajstić information content (AvgIpc) is 2.73. The molecule has 0 aliphatic carbocycles. The fraction of sp³-hybridized carbons (Fsp3) is 0.471. The van der Waals surface area contributed by atoms with Crippen LogP contribution in [0.5, 0.6) is 0 Å². The van der Waals surface area contributed by atoms with Crippen LogP contribution in [0.4, 0.5) is 0 Å². The van der Waals surface area contributed by atoms with Crippen molar-refractivity contribution in [2.45, 2.75) is 39.5 Å². The van der Waals surface area contributed by atoms with E-state index >= 15 is 0 Å². The third-order valence-corrected chi connectivity index (χ3v) is 4.11. The highest BCUT2D eigenvalue weighted by atomic mass is 16.2. The molecule has 0 N–H and O–H groups in total. The second-order valence-corrected chi connectivity index (χ2v) is 5.95. The molecule has 0 saturated carbocycles. The first-order valence-electron chi connectivity index (χ1n) is 7.94. The van der Waals surface area contributed by atoms with E-state index in [0.717, 1.165) is 43.1 Å². The van der Waals surface area contributed by atoms with Gasteiger partial charge in [-0.25, -0.2) is 9.67 Å². The van der Waals surface area contributed by atoms with Gasteiger partial charge in [-0.3, -0.25) is 4.79 Å². The molecule has 1 aliphatic heterocycles. The normalized spacial score (nSPS) is 15.6. The maximum atomic E-state index is 12.5. The van der Waals surface area contributed by atoms with Gasteiger partial charge in [-0.1, -0.05) is 12.8 Å². The molecule has 1 aliphatic rings. The van der Waals surface area contributed by atoms with Crippen molar-refractivity contribution in [2.75, 3.05) is 13.1 Å². The Morgan fingerprint density at radius 3 is 2.36 bits per heavy atom. The van der Waals surface area contributed by atoms with E-state index < -0.39 is 0 Å². The lowest BCUT2D eigenvalue weighted by atomic mass is 10.2. The molecule has 2 aromatic heterocycles. The number of nitrogens with zero attached hydrogens (tertiary/aromatic N) is 4. The third-order valence-electron chi connectivity index (χ3n) is 4.11. The van der Waals surface area contributed by atoms with E-state index in [-0.39, 0.29) is 5.91 Å². The molecule has 1 fully saturated rings. The Bertz CT molecular complexity index is 652. The quantitative estimate of drug-likeness (QED) is 0.856. The lowest BCUT2D eigenvalue weighted by molar-refractivity contribution is 0.0761. The van der Waals surface area contributed by atoms with Gasteiger partial charge >= 0.3 is 0 Å². The van der Waals surface area contributed by atoms with Crippen molar-refractivity contribution >= 4 is 5.91 Å². The van der Waals surface area contributed by atoms with E-state index in [1.54, 1.807) is 10.9 Å². The summed E-state index contributed by atoms with van der Waals surface area (Å²) in [4.78, 5) is 18.9. The van der Waals surface area contributed by atoms with E-state index in [2.05, 4.69) is 10.1 Å². The Kier molecular flexibility index (Phi) is 4.22. The predicted molar refractivity (Wildman–Crippen MR) is 85.2 cm³/mol. The van der Waals surface area contributed by atoms with Gasteiger partial charge in [-0.05, 0) is 44.9 Å². The number of aromatic nitrogens is 3. The number of hydrogen-bond donors (Lipinski definition) is 0. The molecule has 1 amide bonds. The summed E-state index contributed by atoms with van der Waals surface area (Å²) in [5, 5.41) is 4.42. The number of likely N-dealkylation sites (tertiary alicyclic amines) is 1. The van der Waals surface area contributed by atoms with Crippen LogP contribution in [0.25, 0.3) is 5.82 Å². The largest absolute Gasteiger partial charge is 0.339 e. The molecule has 0 atom stereocenters. The molecule has 1 saturated heterocycles. The fourth-order valence-electron chi connectivity index (χ4n) is 2.96. The summed E-state index contributed by atoms with van der Waals surface area (Å²) < 4.78 is 1.80. The van der Waals surface area contributed by atoms with Crippen molar-refractivity contribution in [3.05, 3.63) is 41.3 Å². The molecule has 116 valence electrons. The number of rotatable bonds is 2. The molecule has 5 nitrogen and oxygen atoms in total. The summed E-state index contributed by atoms with van der Waals surface area (Å²) >= 11 is 0. The van der Waals surface area contributed by atoms with Crippen LogP contribution in [0.1, 0.15) is 47.4 Å². The van der Waals surface area contributed by atoms with Gasteiger partial charge in [-0.15, -0.1) is 0 Å². The number of hydrogen-bond acceptors (Lipinski definition) is 3. The molecule has 3 heterocycles. The van der Waals surface area contributed by atoms with E-state index in [1.165, 1.54) is 12.8 Å². The second kappa shape index (κ2) is 6.30. The molecule has 5 heteroatoms. The van der Waals surface area contributed by atoms with Crippen LogP contribution in [-0.2, 0) is 0 Å². The number of carbonyl (C=O) groups is 1. The highest BCUT2D eigenvalue weighted by Crippen LogP contribution is 2.15. The molecule has 0 bridgehead atoms. The van der Waals surface area contributed by atoms with Crippen molar-refractivity contribution in [3.8, 4) is 5.82 Å². The van der Waals surface area contributed by atoms with Crippen LogP contribution in [0.15, 0.2) is 24.4 Å². The van der Waals surface area contributed by atoms with Gasteiger partial charge in [0.05, 0.1) is 11.3 Å². The summed E-state index contributed by atoms with van der Waals surface area (Å²) in [5.74, 6) is 0.840. The van der Waals surface area contributed by atoms with Gasteiger partial charge in [0, 0.05) is 25.0 Å². The van der Waals surface area contributed by atoms with Gasteiger partial charge in [0.2, 0.25) is 0 Å². The zero-order chi connectivity index (χ0) is 15.5. The molecular formula is C17H22N4O. The van der Waals surface area contributed by atoms with Gasteiger partial charge in [0.15, 0.2) is 5.82 Å². The van der Waals surface area contributed by atoms with Crippen molar-refractivity contribution < 1.29 is 4.79 Å². The van der Waals surface area contributed by atoms with Crippen molar-refractivity contribution in [1.82, 2.24) is 19.7 Å². The van der Waals surface area contributed by atoms with E-state index in [9.17, 15) is 4.79 Å². The maximum absolute atomic E-state index is 12.5. The summed E-state index contributed by atoms with van der Waals surface area (Å²) in [6, 6.07) is 5.73. The average molecular weight is 298 g/mol. The summed E-state index contributed by atoms with van der Waals surface area (Å²) in [5.41, 5.74) is 2.66. The zero-order valence-electron chi connectivity index (χ0n) is 13.2. The van der Waals surface area contributed by atoms with Crippen molar-refractivity contribution in [3.63, 3.8) is 0 Å². The number of amides is 1. The van der Waals surface area contributed by atoms with Crippen molar-refractivity contribution in [2.24, 2.45) is 0 Å². The minimum atomic E-state index is 0.0920. The highest BCUT2D eigenvalue weighted by Gasteiger charge is 2.17. The van der Waals surface area contributed by atoms with E-state index in [4.69, 9.17) is 0 Å². The highest BCUT2D eigenvalue weighted by molar-refractivity contribution is 5.94. The van der Waals surface area contributed by atoms with Gasteiger partial charge in [0.1, 0.15) is 0 Å². The van der Waals surface area contributed by atoms with Gasteiger partial charge < -0.3 is 4.90 Å². The molecule has 3 rings (SSSR count). The van der Waals surface area contributed by atoms with Crippen molar-refractivity contribution in [1.29, 1.82) is 0 Å². The standard InChI is InChI=1S/C17H22N4O/c1-13-11-14(2)21(19-13)16-8-7-15(12-18-16)17(22)20-9-5-3-4-6-10-20/h7-8,11-12H,3-6,9-10H2,1-2H3. The van der Waals surface area contributed by atoms with Crippen LogP contribution >= 0.6 is 0 Å². The van der Waals surface area contributed by atoms with Crippen LogP contribution in [-0.4, -0.2) is 38.7 Å². The Balaban J connectivity index is 1.78. The van der Waals surface area contributed by atoms with Gasteiger partial charge in [0.25, 0.3) is 5.91 Å². The van der Waals surface area contributed by atoms with Crippen LogP contribution in [0.3, 0.4) is 0 Å².